The van der Waals surface area contributed by atoms with Gasteiger partial charge in [0.15, 0.2) is 0 Å². The summed E-state index contributed by atoms with van der Waals surface area (Å²) in [6.45, 7) is 3.41. The summed E-state index contributed by atoms with van der Waals surface area (Å²) in [7, 11) is 0. The van der Waals surface area contributed by atoms with Crippen LogP contribution in [0.25, 0.3) is 0 Å². The first kappa shape index (κ1) is 12.4. The molecule has 1 unspecified atom stereocenters. The summed E-state index contributed by atoms with van der Waals surface area (Å²) in [5.41, 5.74) is 0. The van der Waals surface area contributed by atoms with E-state index in [1.54, 1.807) is 0 Å². The molecular weight excluding hydrogens is 194 g/mol. The van der Waals surface area contributed by atoms with Crippen molar-refractivity contribution in [1.29, 1.82) is 0 Å². The molecule has 0 aromatic rings. The van der Waals surface area contributed by atoms with E-state index in [1.807, 2.05) is 0 Å². The maximum atomic E-state index is 3.71. The van der Waals surface area contributed by atoms with Gasteiger partial charge in [-0.2, -0.15) is 0 Å². The van der Waals surface area contributed by atoms with Gasteiger partial charge in [-0.05, 0) is 37.6 Å². The average molecular weight is 223 g/mol. The Balaban J connectivity index is 1.64. The predicted molar refractivity (Wildman–Crippen MR) is 70.6 cm³/mol. The molecule has 1 heteroatoms. The van der Waals surface area contributed by atoms with Crippen LogP contribution in [0.4, 0.5) is 0 Å². The van der Waals surface area contributed by atoms with E-state index < -0.39 is 0 Å². The second-order valence-electron chi connectivity index (χ2n) is 6.02. The molecule has 1 atom stereocenters. The van der Waals surface area contributed by atoms with E-state index in [-0.39, 0.29) is 0 Å². The molecule has 0 spiro atoms. The van der Waals surface area contributed by atoms with Gasteiger partial charge < -0.3 is 5.32 Å². The summed E-state index contributed by atoms with van der Waals surface area (Å²) in [5, 5.41) is 3.71. The van der Waals surface area contributed by atoms with E-state index in [1.165, 1.54) is 64.2 Å². The van der Waals surface area contributed by atoms with Gasteiger partial charge in [0.1, 0.15) is 0 Å². The standard InChI is InChI=1S/C15H29N/c1-2-16-15(12-14-8-5-9-14)11-10-13-6-3-4-7-13/h13-16H,2-12H2,1H3. The molecule has 2 aliphatic carbocycles. The van der Waals surface area contributed by atoms with Crippen LogP contribution >= 0.6 is 0 Å². The lowest BCUT2D eigenvalue weighted by Crippen LogP contribution is -2.33. The highest BCUT2D eigenvalue weighted by Crippen LogP contribution is 2.33. The zero-order valence-corrected chi connectivity index (χ0v) is 11.0. The first-order valence-electron chi connectivity index (χ1n) is 7.62. The Labute approximate surface area is 101 Å². The molecule has 0 saturated heterocycles. The molecule has 2 saturated carbocycles. The van der Waals surface area contributed by atoms with Crippen molar-refractivity contribution in [1.82, 2.24) is 5.32 Å². The largest absolute Gasteiger partial charge is 0.314 e. The summed E-state index contributed by atoms with van der Waals surface area (Å²) in [4.78, 5) is 0. The third kappa shape index (κ3) is 3.76. The van der Waals surface area contributed by atoms with Crippen molar-refractivity contribution in [2.45, 2.75) is 77.2 Å². The van der Waals surface area contributed by atoms with Crippen LogP contribution in [0.1, 0.15) is 71.1 Å². The van der Waals surface area contributed by atoms with Crippen molar-refractivity contribution in [2.75, 3.05) is 6.54 Å². The Morgan fingerprint density at radius 2 is 1.69 bits per heavy atom. The van der Waals surface area contributed by atoms with Gasteiger partial charge >= 0.3 is 0 Å². The molecule has 1 nitrogen and oxygen atoms in total. The molecule has 2 rings (SSSR count). The van der Waals surface area contributed by atoms with Crippen molar-refractivity contribution in [3.05, 3.63) is 0 Å². The molecule has 16 heavy (non-hydrogen) atoms. The van der Waals surface area contributed by atoms with Crippen LogP contribution in [0.5, 0.6) is 0 Å². The minimum absolute atomic E-state index is 0.830. The Bertz CT molecular complexity index is 180. The smallest absolute Gasteiger partial charge is 0.00696 e. The molecule has 94 valence electrons. The zero-order chi connectivity index (χ0) is 11.2. The molecular formula is C15H29N. The Kier molecular flexibility index (Phi) is 5.15. The van der Waals surface area contributed by atoms with Crippen molar-refractivity contribution in [2.24, 2.45) is 11.8 Å². The van der Waals surface area contributed by atoms with Crippen LogP contribution < -0.4 is 5.32 Å². The van der Waals surface area contributed by atoms with Gasteiger partial charge in [0.05, 0.1) is 0 Å². The number of rotatable bonds is 7. The fraction of sp³-hybridized carbons (Fsp3) is 1.00. The van der Waals surface area contributed by atoms with Gasteiger partial charge in [-0.25, -0.2) is 0 Å². The SMILES string of the molecule is CCNC(CCC1CCCC1)CC1CCC1. The first-order valence-corrected chi connectivity index (χ1v) is 7.62. The number of hydrogen-bond acceptors (Lipinski definition) is 1. The van der Waals surface area contributed by atoms with E-state index in [0.717, 1.165) is 24.4 Å². The normalized spacial score (nSPS) is 24.6. The fourth-order valence-corrected chi connectivity index (χ4v) is 3.46. The highest BCUT2D eigenvalue weighted by atomic mass is 14.9. The van der Waals surface area contributed by atoms with Crippen molar-refractivity contribution >= 4 is 0 Å². The molecule has 0 aromatic heterocycles. The average Bonchev–Trinajstić information content (AvgIpc) is 2.72. The van der Waals surface area contributed by atoms with Gasteiger partial charge in [-0.1, -0.05) is 51.9 Å². The van der Waals surface area contributed by atoms with Crippen LogP contribution in [0.3, 0.4) is 0 Å². The quantitative estimate of drug-likeness (QED) is 0.684. The van der Waals surface area contributed by atoms with E-state index in [4.69, 9.17) is 0 Å². The van der Waals surface area contributed by atoms with Crippen molar-refractivity contribution in [3.63, 3.8) is 0 Å². The second-order valence-corrected chi connectivity index (χ2v) is 6.02. The Hall–Kier alpha value is -0.0400. The highest BCUT2D eigenvalue weighted by Gasteiger charge is 2.23. The van der Waals surface area contributed by atoms with Gasteiger partial charge in [0.25, 0.3) is 0 Å². The number of hydrogen-bond donors (Lipinski definition) is 1. The second kappa shape index (κ2) is 6.64. The van der Waals surface area contributed by atoms with E-state index in [0.29, 0.717) is 0 Å². The summed E-state index contributed by atoms with van der Waals surface area (Å²) in [6.07, 6.45) is 14.9. The lowest BCUT2D eigenvalue weighted by Gasteiger charge is -2.30. The van der Waals surface area contributed by atoms with Crippen LogP contribution in [0.15, 0.2) is 0 Å². The predicted octanol–water partition coefficient (Wildman–Crippen LogP) is 4.13. The molecule has 2 fully saturated rings. The molecule has 0 bridgehead atoms. The van der Waals surface area contributed by atoms with Gasteiger partial charge in [0, 0.05) is 6.04 Å². The van der Waals surface area contributed by atoms with Gasteiger partial charge in [-0.3, -0.25) is 0 Å². The molecule has 0 amide bonds. The summed E-state index contributed by atoms with van der Waals surface area (Å²) < 4.78 is 0. The van der Waals surface area contributed by atoms with Crippen LogP contribution in [0, 0.1) is 11.8 Å². The first-order chi connectivity index (χ1) is 7.88. The third-order valence-corrected chi connectivity index (χ3v) is 4.73. The maximum Gasteiger partial charge on any atom is 0.00696 e. The molecule has 2 aliphatic rings. The molecule has 0 aromatic carbocycles. The Morgan fingerprint density at radius 3 is 2.25 bits per heavy atom. The van der Waals surface area contributed by atoms with Crippen molar-refractivity contribution in [3.8, 4) is 0 Å². The van der Waals surface area contributed by atoms with Gasteiger partial charge in [0.2, 0.25) is 0 Å². The van der Waals surface area contributed by atoms with Crippen molar-refractivity contribution < 1.29 is 0 Å². The summed E-state index contributed by atoms with van der Waals surface area (Å²) in [5.74, 6) is 2.13. The van der Waals surface area contributed by atoms with Crippen LogP contribution in [-0.2, 0) is 0 Å². The topological polar surface area (TPSA) is 12.0 Å². The lowest BCUT2D eigenvalue weighted by molar-refractivity contribution is 0.248. The van der Waals surface area contributed by atoms with Crippen LogP contribution in [-0.4, -0.2) is 12.6 Å². The van der Waals surface area contributed by atoms with Gasteiger partial charge in [-0.15, -0.1) is 0 Å². The minimum Gasteiger partial charge on any atom is -0.314 e. The molecule has 0 heterocycles. The fourth-order valence-electron chi connectivity index (χ4n) is 3.46. The molecule has 0 radical (unpaired) electrons. The third-order valence-electron chi connectivity index (χ3n) is 4.73. The molecule has 0 aliphatic heterocycles. The van der Waals surface area contributed by atoms with E-state index in [2.05, 4.69) is 12.2 Å². The lowest BCUT2D eigenvalue weighted by atomic mass is 9.79. The Morgan fingerprint density at radius 1 is 1.00 bits per heavy atom. The van der Waals surface area contributed by atoms with E-state index in [9.17, 15) is 0 Å². The molecule has 1 N–H and O–H groups in total. The summed E-state index contributed by atoms with van der Waals surface area (Å²) >= 11 is 0. The number of nitrogens with one attached hydrogen (secondary N) is 1. The zero-order valence-electron chi connectivity index (χ0n) is 11.0. The highest BCUT2D eigenvalue weighted by molar-refractivity contribution is 4.78. The monoisotopic (exact) mass is 223 g/mol. The van der Waals surface area contributed by atoms with E-state index >= 15 is 0 Å². The minimum atomic E-state index is 0.830. The van der Waals surface area contributed by atoms with Crippen LogP contribution in [0.2, 0.25) is 0 Å². The summed E-state index contributed by atoms with van der Waals surface area (Å²) in [6, 6.07) is 0.830. The maximum absolute atomic E-state index is 3.71.